The van der Waals surface area contributed by atoms with Crippen LogP contribution in [-0.2, 0) is 14.3 Å². The van der Waals surface area contributed by atoms with Crippen molar-refractivity contribution in [3.63, 3.8) is 0 Å². The fraction of sp³-hybridized carbons (Fsp3) is 0.625. The third kappa shape index (κ3) is 2.22. The average molecular weight is 278 g/mol. The summed E-state index contributed by atoms with van der Waals surface area (Å²) in [4.78, 5) is 23.6. The number of methoxy groups -OCH3 is 1. The summed E-state index contributed by atoms with van der Waals surface area (Å²) in [7, 11) is 1.34. The number of aliphatic hydroxyl groups is 1. The molecular formula is C16H22O4. The van der Waals surface area contributed by atoms with Crippen LogP contribution in [0.15, 0.2) is 23.3 Å². The molecule has 3 unspecified atom stereocenters. The highest BCUT2D eigenvalue weighted by molar-refractivity contribution is 6.00. The Hall–Kier alpha value is -1.42. The normalized spacial score (nSPS) is 33.7. The maximum absolute atomic E-state index is 11.9. The van der Waals surface area contributed by atoms with Crippen LogP contribution in [-0.4, -0.2) is 29.6 Å². The van der Waals surface area contributed by atoms with E-state index in [0.29, 0.717) is 17.6 Å². The maximum Gasteiger partial charge on any atom is 0.333 e. The quantitative estimate of drug-likeness (QED) is 0.621. The van der Waals surface area contributed by atoms with E-state index in [1.54, 1.807) is 6.92 Å². The lowest BCUT2D eigenvalue weighted by molar-refractivity contribution is -0.136. The van der Waals surface area contributed by atoms with E-state index in [9.17, 15) is 14.7 Å². The van der Waals surface area contributed by atoms with Crippen molar-refractivity contribution in [3.8, 4) is 0 Å². The van der Waals surface area contributed by atoms with E-state index < -0.39 is 11.6 Å². The molecular weight excluding hydrogens is 256 g/mol. The van der Waals surface area contributed by atoms with Crippen LogP contribution in [0.2, 0.25) is 0 Å². The lowest BCUT2D eigenvalue weighted by atomic mass is 9.81. The van der Waals surface area contributed by atoms with Crippen molar-refractivity contribution in [2.24, 2.45) is 11.8 Å². The number of allylic oxidation sites excluding steroid dienone is 1. The van der Waals surface area contributed by atoms with Gasteiger partial charge < -0.3 is 9.84 Å². The minimum atomic E-state index is -1.04. The van der Waals surface area contributed by atoms with Crippen LogP contribution in [0.25, 0.3) is 0 Å². The molecule has 1 N–H and O–H groups in total. The summed E-state index contributed by atoms with van der Waals surface area (Å²) in [5.74, 6) is -0.446. The molecule has 3 atom stereocenters. The van der Waals surface area contributed by atoms with E-state index in [4.69, 9.17) is 4.74 Å². The molecule has 1 saturated carbocycles. The SMILES string of the molecule is C=C(C(=O)OC)C1CCC(C)C2(O)CC(=O)C(C)=C2C1. The van der Waals surface area contributed by atoms with E-state index in [2.05, 4.69) is 6.58 Å². The molecule has 2 aliphatic carbocycles. The van der Waals surface area contributed by atoms with Gasteiger partial charge in [0.15, 0.2) is 5.78 Å². The molecule has 0 radical (unpaired) electrons. The number of carbonyl (C=O) groups excluding carboxylic acids is 2. The fourth-order valence-electron chi connectivity index (χ4n) is 3.41. The third-order valence-corrected chi connectivity index (χ3v) is 4.98. The zero-order valence-electron chi connectivity index (χ0n) is 12.4. The van der Waals surface area contributed by atoms with Gasteiger partial charge in [0.25, 0.3) is 0 Å². The second-order valence-electron chi connectivity index (χ2n) is 6.02. The van der Waals surface area contributed by atoms with Gasteiger partial charge in [-0.1, -0.05) is 13.5 Å². The maximum atomic E-state index is 11.9. The van der Waals surface area contributed by atoms with Gasteiger partial charge in [0.1, 0.15) is 0 Å². The van der Waals surface area contributed by atoms with Gasteiger partial charge in [-0.3, -0.25) is 4.79 Å². The Morgan fingerprint density at radius 3 is 2.70 bits per heavy atom. The molecule has 0 aromatic heterocycles. The number of fused-ring (bicyclic) bond motifs is 1. The lowest BCUT2D eigenvalue weighted by Gasteiger charge is -2.30. The lowest BCUT2D eigenvalue weighted by Crippen LogP contribution is -2.36. The number of esters is 1. The minimum Gasteiger partial charge on any atom is -0.466 e. The van der Waals surface area contributed by atoms with E-state index >= 15 is 0 Å². The highest BCUT2D eigenvalue weighted by atomic mass is 16.5. The number of hydrogen-bond donors (Lipinski definition) is 1. The van der Waals surface area contributed by atoms with Crippen LogP contribution in [0.3, 0.4) is 0 Å². The first-order valence-corrected chi connectivity index (χ1v) is 7.04. The zero-order chi connectivity index (χ0) is 15.1. The number of carbonyl (C=O) groups is 2. The molecule has 4 nitrogen and oxygen atoms in total. The summed E-state index contributed by atoms with van der Waals surface area (Å²) in [6, 6.07) is 0. The molecule has 2 rings (SSSR count). The summed E-state index contributed by atoms with van der Waals surface area (Å²) in [6.07, 6.45) is 2.24. The van der Waals surface area contributed by atoms with Gasteiger partial charge in [0, 0.05) is 12.0 Å². The summed E-state index contributed by atoms with van der Waals surface area (Å²) < 4.78 is 4.73. The molecule has 0 spiro atoms. The van der Waals surface area contributed by atoms with Crippen molar-refractivity contribution >= 4 is 11.8 Å². The molecule has 2 aliphatic rings. The summed E-state index contributed by atoms with van der Waals surface area (Å²) in [6.45, 7) is 7.57. The Labute approximate surface area is 119 Å². The molecule has 1 fully saturated rings. The molecule has 0 amide bonds. The van der Waals surface area contributed by atoms with Crippen LogP contribution in [0, 0.1) is 11.8 Å². The number of Topliss-reactive ketones (excluding diaryl/α,β-unsaturated/α-hetero) is 1. The van der Waals surface area contributed by atoms with Crippen LogP contribution in [0.5, 0.6) is 0 Å². The van der Waals surface area contributed by atoms with Crippen LogP contribution in [0.1, 0.15) is 39.5 Å². The van der Waals surface area contributed by atoms with E-state index in [1.165, 1.54) is 7.11 Å². The smallest absolute Gasteiger partial charge is 0.333 e. The molecule has 0 aromatic carbocycles. The van der Waals surface area contributed by atoms with Gasteiger partial charge in [-0.05, 0) is 49.2 Å². The van der Waals surface area contributed by atoms with Crippen molar-refractivity contribution in [1.29, 1.82) is 0 Å². The Morgan fingerprint density at radius 2 is 2.10 bits per heavy atom. The first kappa shape index (κ1) is 15.0. The molecule has 0 aliphatic heterocycles. The first-order valence-electron chi connectivity index (χ1n) is 7.04. The number of ether oxygens (including phenoxy) is 1. The van der Waals surface area contributed by atoms with Crippen molar-refractivity contribution in [1.82, 2.24) is 0 Å². The topological polar surface area (TPSA) is 63.6 Å². The Morgan fingerprint density at radius 1 is 1.45 bits per heavy atom. The Kier molecular flexibility index (Phi) is 3.87. The van der Waals surface area contributed by atoms with E-state index in [-0.39, 0.29) is 24.0 Å². The van der Waals surface area contributed by atoms with E-state index in [0.717, 1.165) is 18.4 Å². The monoisotopic (exact) mass is 278 g/mol. The highest BCUT2D eigenvalue weighted by Gasteiger charge is 2.48. The van der Waals surface area contributed by atoms with Crippen LogP contribution < -0.4 is 0 Å². The molecule has 0 heterocycles. The van der Waals surface area contributed by atoms with Crippen molar-refractivity contribution in [2.45, 2.75) is 45.1 Å². The fourth-order valence-corrected chi connectivity index (χ4v) is 3.41. The first-order chi connectivity index (χ1) is 9.31. The largest absolute Gasteiger partial charge is 0.466 e. The molecule has 20 heavy (non-hydrogen) atoms. The zero-order valence-corrected chi connectivity index (χ0v) is 12.4. The average Bonchev–Trinajstić information content (AvgIpc) is 2.56. The standard InChI is InChI=1S/C16H22O4/c1-9-5-6-12(10(2)15(18)20-4)7-13-11(3)14(17)8-16(9,13)19/h9,12,19H,2,5-8H2,1,3-4H3. The molecule has 0 bridgehead atoms. The molecule has 4 heteroatoms. The summed E-state index contributed by atoms with van der Waals surface area (Å²) in [5.41, 5.74) is 0.849. The number of ketones is 1. The van der Waals surface area contributed by atoms with Crippen LogP contribution in [0.4, 0.5) is 0 Å². The van der Waals surface area contributed by atoms with Crippen molar-refractivity contribution in [3.05, 3.63) is 23.3 Å². The Balaban J connectivity index is 2.35. The Bertz CT molecular complexity index is 503. The van der Waals surface area contributed by atoms with Gasteiger partial charge in [-0.25, -0.2) is 4.79 Å². The second kappa shape index (κ2) is 5.17. The van der Waals surface area contributed by atoms with Crippen LogP contribution >= 0.6 is 0 Å². The summed E-state index contributed by atoms with van der Waals surface area (Å²) in [5, 5.41) is 10.9. The van der Waals surface area contributed by atoms with Gasteiger partial charge >= 0.3 is 5.97 Å². The van der Waals surface area contributed by atoms with E-state index in [1.807, 2.05) is 6.92 Å². The van der Waals surface area contributed by atoms with Crippen molar-refractivity contribution in [2.75, 3.05) is 7.11 Å². The number of rotatable bonds is 2. The third-order valence-electron chi connectivity index (χ3n) is 4.98. The molecule has 110 valence electrons. The van der Waals surface area contributed by atoms with Crippen molar-refractivity contribution < 1.29 is 19.4 Å². The van der Waals surface area contributed by atoms with Gasteiger partial charge in [0.05, 0.1) is 12.7 Å². The second-order valence-corrected chi connectivity index (χ2v) is 6.02. The highest BCUT2D eigenvalue weighted by Crippen LogP contribution is 2.47. The predicted octanol–water partition coefficient (Wildman–Crippen LogP) is 2.17. The molecule has 0 saturated heterocycles. The van der Waals surface area contributed by atoms with Gasteiger partial charge in [-0.15, -0.1) is 0 Å². The summed E-state index contributed by atoms with van der Waals surface area (Å²) >= 11 is 0. The molecule has 0 aromatic rings. The predicted molar refractivity (Wildman–Crippen MR) is 74.9 cm³/mol. The van der Waals surface area contributed by atoms with Gasteiger partial charge in [0.2, 0.25) is 0 Å². The van der Waals surface area contributed by atoms with Gasteiger partial charge in [-0.2, -0.15) is 0 Å². The minimum absolute atomic E-state index is 0.00865. The number of hydrogen-bond acceptors (Lipinski definition) is 4.